The Morgan fingerprint density at radius 3 is 2.22 bits per heavy atom. The summed E-state index contributed by atoms with van der Waals surface area (Å²) in [7, 11) is 4.12. The molecule has 0 aromatic heterocycles. The van der Waals surface area contributed by atoms with Gasteiger partial charge in [0, 0.05) is 11.6 Å². The fraction of sp³-hybridized carbons (Fsp3) is 0.571. The van der Waals surface area contributed by atoms with E-state index in [1.807, 2.05) is 12.1 Å². The molecule has 0 aliphatic rings. The number of nitrogens with two attached hydrogens (primary N) is 1. The van der Waals surface area contributed by atoms with Crippen LogP contribution in [0.3, 0.4) is 0 Å². The third-order valence-corrected chi connectivity index (χ3v) is 4.84. The van der Waals surface area contributed by atoms with E-state index in [1.54, 1.807) is 6.07 Å². The van der Waals surface area contributed by atoms with Crippen LogP contribution < -0.4 is 5.73 Å². The molecule has 4 heteroatoms. The Hall–Kier alpha value is -0.280. The molecule has 1 rings (SSSR count). The maximum absolute atomic E-state index is 6.48. The lowest BCUT2D eigenvalue weighted by molar-refractivity contribution is 0.106. The van der Waals surface area contributed by atoms with Crippen molar-refractivity contribution in [2.75, 3.05) is 14.1 Å². The number of benzene rings is 1. The van der Waals surface area contributed by atoms with Crippen LogP contribution in [0, 0.1) is 0 Å². The molecular weight excluding hydrogens is 267 g/mol. The van der Waals surface area contributed by atoms with E-state index >= 15 is 0 Å². The van der Waals surface area contributed by atoms with Crippen molar-refractivity contribution >= 4 is 23.2 Å². The Kier molecular flexibility index (Phi) is 5.47. The summed E-state index contributed by atoms with van der Waals surface area (Å²) in [5, 5.41) is 1.13. The number of nitrogens with zero attached hydrogens (tertiary/aromatic N) is 1. The number of hydrogen-bond donors (Lipinski definition) is 1. The fourth-order valence-corrected chi connectivity index (χ4v) is 3.08. The third kappa shape index (κ3) is 2.67. The summed E-state index contributed by atoms with van der Waals surface area (Å²) in [6.07, 6.45) is 1.92. The van der Waals surface area contributed by atoms with Crippen LogP contribution in [0.25, 0.3) is 0 Å². The zero-order valence-corrected chi connectivity index (χ0v) is 13.0. The van der Waals surface area contributed by atoms with E-state index in [1.165, 1.54) is 0 Å². The number of rotatable bonds is 5. The van der Waals surface area contributed by atoms with Gasteiger partial charge in [-0.05, 0) is 38.6 Å². The molecule has 1 aromatic rings. The molecule has 18 heavy (non-hydrogen) atoms. The van der Waals surface area contributed by atoms with Crippen molar-refractivity contribution in [3.63, 3.8) is 0 Å². The van der Waals surface area contributed by atoms with Gasteiger partial charge in [0.2, 0.25) is 0 Å². The molecule has 1 atom stereocenters. The van der Waals surface area contributed by atoms with E-state index in [-0.39, 0.29) is 11.6 Å². The summed E-state index contributed by atoms with van der Waals surface area (Å²) in [6, 6.07) is 5.49. The van der Waals surface area contributed by atoms with Crippen molar-refractivity contribution in [2.24, 2.45) is 5.73 Å². The largest absolute Gasteiger partial charge is 0.322 e. The SMILES string of the molecule is CCC(CC)(C(N)c1cccc(Cl)c1Cl)N(C)C. The Morgan fingerprint density at radius 2 is 1.78 bits per heavy atom. The lowest BCUT2D eigenvalue weighted by atomic mass is 9.80. The minimum atomic E-state index is -0.159. The summed E-state index contributed by atoms with van der Waals surface area (Å²) >= 11 is 12.4. The molecule has 0 aliphatic carbocycles. The summed E-state index contributed by atoms with van der Waals surface area (Å²) < 4.78 is 0. The van der Waals surface area contributed by atoms with Crippen molar-refractivity contribution in [3.05, 3.63) is 33.8 Å². The van der Waals surface area contributed by atoms with E-state index in [4.69, 9.17) is 28.9 Å². The molecule has 0 radical (unpaired) electrons. The lowest BCUT2D eigenvalue weighted by Gasteiger charge is -2.44. The van der Waals surface area contributed by atoms with Gasteiger partial charge in [-0.15, -0.1) is 0 Å². The van der Waals surface area contributed by atoms with Crippen LogP contribution in [0.1, 0.15) is 38.3 Å². The van der Waals surface area contributed by atoms with Gasteiger partial charge in [-0.25, -0.2) is 0 Å². The molecule has 1 aromatic carbocycles. The van der Waals surface area contributed by atoms with Crippen LogP contribution in [0.15, 0.2) is 18.2 Å². The Labute approximate surface area is 120 Å². The molecular formula is C14H22Cl2N2. The molecule has 0 amide bonds. The van der Waals surface area contributed by atoms with E-state index in [9.17, 15) is 0 Å². The van der Waals surface area contributed by atoms with E-state index < -0.39 is 0 Å². The highest BCUT2D eigenvalue weighted by Crippen LogP contribution is 2.38. The second-order valence-corrected chi connectivity index (χ2v) is 5.61. The molecule has 0 heterocycles. The highest BCUT2D eigenvalue weighted by molar-refractivity contribution is 6.42. The minimum Gasteiger partial charge on any atom is -0.322 e. The summed E-state index contributed by atoms with van der Waals surface area (Å²) in [6.45, 7) is 4.31. The van der Waals surface area contributed by atoms with Gasteiger partial charge < -0.3 is 10.6 Å². The van der Waals surface area contributed by atoms with Gasteiger partial charge in [-0.1, -0.05) is 49.2 Å². The second kappa shape index (κ2) is 6.25. The maximum Gasteiger partial charge on any atom is 0.0640 e. The van der Waals surface area contributed by atoms with Gasteiger partial charge in [0.25, 0.3) is 0 Å². The van der Waals surface area contributed by atoms with Crippen LogP contribution in [-0.2, 0) is 0 Å². The zero-order chi connectivity index (χ0) is 13.9. The maximum atomic E-state index is 6.48. The number of hydrogen-bond acceptors (Lipinski definition) is 2. The highest BCUT2D eigenvalue weighted by atomic mass is 35.5. The molecule has 0 bridgehead atoms. The molecule has 0 fully saturated rings. The van der Waals surface area contributed by atoms with Crippen molar-refractivity contribution in [2.45, 2.75) is 38.3 Å². The van der Waals surface area contributed by atoms with Gasteiger partial charge in [0.15, 0.2) is 0 Å². The molecule has 2 nitrogen and oxygen atoms in total. The van der Waals surface area contributed by atoms with Crippen LogP contribution in [0.4, 0.5) is 0 Å². The van der Waals surface area contributed by atoms with Crippen LogP contribution in [-0.4, -0.2) is 24.5 Å². The van der Waals surface area contributed by atoms with Gasteiger partial charge in [-0.2, -0.15) is 0 Å². The average molecular weight is 289 g/mol. The Morgan fingerprint density at radius 1 is 1.22 bits per heavy atom. The standard InChI is InChI=1S/C14H22Cl2N2/c1-5-14(6-2,18(3)4)13(17)10-8-7-9-11(15)12(10)16/h7-9,13H,5-6,17H2,1-4H3. The predicted molar refractivity (Wildman–Crippen MR) is 80.4 cm³/mol. The zero-order valence-electron chi connectivity index (χ0n) is 11.5. The Balaban J connectivity index is 3.26. The smallest absolute Gasteiger partial charge is 0.0640 e. The number of likely N-dealkylation sites (N-methyl/N-ethyl adjacent to an activating group) is 1. The second-order valence-electron chi connectivity index (χ2n) is 4.83. The van der Waals surface area contributed by atoms with E-state index in [2.05, 4.69) is 32.8 Å². The fourth-order valence-electron chi connectivity index (χ4n) is 2.65. The first-order valence-corrected chi connectivity index (χ1v) is 7.03. The van der Waals surface area contributed by atoms with Crippen molar-refractivity contribution < 1.29 is 0 Å². The predicted octanol–water partition coefficient (Wildman–Crippen LogP) is 4.11. The summed E-state index contributed by atoms with van der Waals surface area (Å²) in [5.41, 5.74) is 7.30. The van der Waals surface area contributed by atoms with Crippen LogP contribution in [0.5, 0.6) is 0 Å². The van der Waals surface area contributed by atoms with Gasteiger partial charge >= 0.3 is 0 Å². The van der Waals surface area contributed by atoms with Crippen molar-refractivity contribution in [1.82, 2.24) is 4.90 Å². The highest BCUT2D eigenvalue weighted by Gasteiger charge is 2.37. The van der Waals surface area contributed by atoms with Crippen LogP contribution >= 0.6 is 23.2 Å². The van der Waals surface area contributed by atoms with Crippen molar-refractivity contribution in [3.8, 4) is 0 Å². The topological polar surface area (TPSA) is 29.3 Å². The van der Waals surface area contributed by atoms with Gasteiger partial charge in [0.1, 0.15) is 0 Å². The molecule has 0 saturated heterocycles. The number of halogens is 2. The minimum absolute atomic E-state index is 0.103. The Bertz CT molecular complexity index is 401. The molecule has 0 saturated carbocycles. The van der Waals surface area contributed by atoms with Gasteiger partial charge in [0.05, 0.1) is 10.0 Å². The molecule has 0 spiro atoms. The average Bonchev–Trinajstić information content (AvgIpc) is 2.34. The normalized spacial score (nSPS) is 14.0. The van der Waals surface area contributed by atoms with E-state index in [0.29, 0.717) is 10.0 Å². The quantitative estimate of drug-likeness (QED) is 0.883. The van der Waals surface area contributed by atoms with Crippen LogP contribution in [0.2, 0.25) is 10.0 Å². The first-order valence-electron chi connectivity index (χ1n) is 6.27. The molecule has 1 unspecified atom stereocenters. The molecule has 2 N–H and O–H groups in total. The summed E-state index contributed by atoms with van der Waals surface area (Å²) in [5.74, 6) is 0. The third-order valence-electron chi connectivity index (χ3n) is 4.01. The monoisotopic (exact) mass is 288 g/mol. The van der Waals surface area contributed by atoms with Crippen molar-refractivity contribution in [1.29, 1.82) is 0 Å². The first kappa shape index (κ1) is 15.8. The van der Waals surface area contributed by atoms with Gasteiger partial charge in [-0.3, -0.25) is 0 Å². The molecule has 102 valence electrons. The first-order chi connectivity index (χ1) is 8.40. The van der Waals surface area contributed by atoms with E-state index in [0.717, 1.165) is 18.4 Å². The molecule has 0 aliphatic heterocycles. The summed E-state index contributed by atoms with van der Waals surface area (Å²) in [4.78, 5) is 2.19. The lowest BCUT2D eigenvalue weighted by Crippen LogP contribution is -2.51.